The third-order valence-electron chi connectivity index (χ3n) is 1.37. The molecule has 0 bridgehead atoms. The molecule has 1 unspecified atom stereocenters. The maximum Gasteiger partial charge on any atom is 0.320 e. The number of hydrogen-bond acceptors (Lipinski definition) is 3. The fourth-order valence-electron chi connectivity index (χ4n) is 0.725. The van der Waals surface area contributed by atoms with Crippen LogP contribution >= 0.6 is 8.25 Å². The molecule has 0 radical (unpaired) electrons. The van der Waals surface area contributed by atoms with E-state index in [2.05, 4.69) is 22.9 Å². The summed E-state index contributed by atoms with van der Waals surface area (Å²) in [4.78, 5) is 0. The molecule has 0 fully saturated rings. The van der Waals surface area contributed by atoms with Gasteiger partial charge in [0.1, 0.15) is 5.60 Å². The van der Waals surface area contributed by atoms with Crippen molar-refractivity contribution in [1.82, 2.24) is 0 Å². The van der Waals surface area contributed by atoms with Crippen molar-refractivity contribution < 1.29 is 13.6 Å². The molecule has 0 saturated carbocycles. The zero-order valence-corrected chi connectivity index (χ0v) is 9.92. The van der Waals surface area contributed by atoms with Gasteiger partial charge in [-0.3, -0.25) is 9.09 Å². The van der Waals surface area contributed by atoms with Crippen molar-refractivity contribution in [2.75, 3.05) is 7.11 Å². The molecule has 0 aliphatic heterocycles. The minimum Gasteiger partial charge on any atom is -0.314 e. The minimum atomic E-state index is -2.40. The lowest BCUT2D eigenvalue weighted by molar-refractivity contribution is 0.151. The van der Waals surface area contributed by atoms with Crippen molar-refractivity contribution in [3.63, 3.8) is 0 Å². The lowest BCUT2D eigenvalue weighted by Crippen LogP contribution is -2.18. The maximum atomic E-state index is 11.0. The van der Waals surface area contributed by atoms with E-state index in [-0.39, 0.29) is 0 Å². The van der Waals surface area contributed by atoms with Gasteiger partial charge >= 0.3 is 8.25 Å². The van der Waals surface area contributed by atoms with E-state index in [9.17, 15) is 4.57 Å². The van der Waals surface area contributed by atoms with Crippen molar-refractivity contribution in [2.45, 2.75) is 32.3 Å². The number of hydrogen-bond donors (Lipinski definition) is 0. The summed E-state index contributed by atoms with van der Waals surface area (Å²) in [5, 5.41) is 0. The standard InChI is InChI=1S/C10H17O3P/c1-5-6-7-8-9-10(2,3)13-14(11)12-4/h5,14H,1,6-7H2,2-4H3. The van der Waals surface area contributed by atoms with Gasteiger partial charge in [0.05, 0.1) is 0 Å². The Kier molecular flexibility index (Phi) is 6.57. The predicted molar refractivity (Wildman–Crippen MR) is 58.4 cm³/mol. The normalized spacial score (nSPS) is 12.8. The highest BCUT2D eigenvalue weighted by Crippen LogP contribution is 2.29. The monoisotopic (exact) mass is 216 g/mol. The topological polar surface area (TPSA) is 35.5 Å². The van der Waals surface area contributed by atoms with Crippen molar-refractivity contribution >= 4 is 8.25 Å². The van der Waals surface area contributed by atoms with Gasteiger partial charge < -0.3 is 4.52 Å². The molecule has 0 aliphatic carbocycles. The highest BCUT2D eigenvalue weighted by Gasteiger charge is 2.17. The number of allylic oxidation sites excluding steroid dienone is 1. The zero-order chi connectivity index (χ0) is 11.0. The minimum absolute atomic E-state index is 0.715. The molecule has 3 nitrogen and oxygen atoms in total. The second kappa shape index (κ2) is 6.84. The van der Waals surface area contributed by atoms with E-state index < -0.39 is 13.9 Å². The van der Waals surface area contributed by atoms with E-state index in [1.165, 1.54) is 7.11 Å². The van der Waals surface area contributed by atoms with Crippen LogP contribution in [0.4, 0.5) is 0 Å². The van der Waals surface area contributed by atoms with Crippen LogP contribution in [-0.2, 0) is 13.6 Å². The molecule has 1 atom stereocenters. The molecular weight excluding hydrogens is 199 g/mol. The Morgan fingerprint density at radius 1 is 1.57 bits per heavy atom. The number of unbranched alkanes of at least 4 members (excludes halogenated alkanes) is 1. The first-order valence-electron chi connectivity index (χ1n) is 4.39. The van der Waals surface area contributed by atoms with E-state index >= 15 is 0 Å². The van der Waals surface area contributed by atoms with Crippen LogP contribution in [0.3, 0.4) is 0 Å². The van der Waals surface area contributed by atoms with Crippen LogP contribution in [0, 0.1) is 11.8 Å². The summed E-state index contributed by atoms with van der Waals surface area (Å²) in [6.07, 6.45) is 3.40. The lowest BCUT2D eigenvalue weighted by atomic mass is 10.1. The van der Waals surface area contributed by atoms with Crippen LogP contribution < -0.4 is 0 Å². The van der Waals surface area contributed by atoms with Gasteiger partial charge in [-0.05, 0) is 20.3 Å². The van der Waals surface area contributed by atoms with Crippen LogP contribution in [0.25, 0.3) is 0 Å². The van der Waals surface area contributed by atoms with Gasteiger partial charge in [-0.1, -0.05) is 17.9 Å². The fraction of sp³-hybridized carbons (Fsp3) is 0.600. The summed E-state index contributed by atoms with van der Waals surface area (Å²) < 4.78 is 20.6. The largest absolute Gasteiger partial charge is 0.320 e. The SMILES string of the molecule is C=CCCC#CC(C)(C)O[PH](=O)OC. The van der Waals surface area contributed by atoms with E-state index in [1.54, 1.807) is 19.9 Å². The third-order valence-corrected chi connectivity index (χ3v) is 2.38. The molecule has 0 amide bonds. The molecular formula is C10H17O3P. The van der Waals surface area contributed by atoms with Crippen molar-refractivity contribution in [3.8, 4) is 11.8 Å². The molecule has 0 N–H and O–H groups in total. The van der Waals surface area contributed by atoms with Crippen LogP contribution in [0.15, 0.2) is 12.7 Å². The Morgan fingerprint density at radius 2 is 2.21 bits per heavy atom. The zero-order valence-electron chi connectivity index (χ0n) is 8.92. The van der Waals surface area contributed by atoms with E-state index in [0.29, 0.717) is 0 Å². The highest BCUT2D eigenvalue weighted by atomic mass is 31.1. The molecule has 14 heavy (non-hydrogen) atoms. The van der Waals surface area contributed by atoms with Crippen molar-refractivity contribution in [3.05, 3.63) is 12.7 Å². The maximum absolute atomic E-state index is 11.0. The molecule has 0 aromatic heterocycles. The van der Waals surface area contributed by atoms with Gasteiger partial charge in [0, 0.05) is 13.5 Å². The van der Waals surface area contributed by atoms with Crippen LogP contribution in [0.2, 0.25) is 0 Å². The van der Waals surface area contributed by atoms with Crippen LogP contribution in [-0.4, -0.2) is 12.7 Å². The Labute approximate surface area is 86.4 Å². The van der Waals surface area contributed by atoms with Gasteiger partial charge in [0.2, 0.25) is 0 Å². The van der Waals surface area contributed by atoms with Crippen molar-refractivity contribution in [1.29, 1.82) is 0 Å². The second-order valence-corrected chi connectivity index (χ2v) is 4.31. The molecule has 0 heterocycles. The predicted octanol–water partition coefficient (Wildman–Crippen LogP) is 2.79. The highest BCUT2D eigenvalue weighted by molar-refractivity contribution is 7.33. The van der Waals surface area contributed by atoms with Gasteiger partial charge in [0.25, 0.3) is 0 Å². The molecule has 4 heteroatoms. The molecule has 0 saturated heterocycles. The molecule has 0 aromatic carbocycles. The van der Waals surface area contributed by atoms with Crippen LogP contribution in [0.5, 0.6) is 0 Å². The van der Waals surface area contributed by atoms with Gasteiger partial charge in [-0.25, -0.2) is 0 Å². The summed E-state index contributed by atoms with van der Waals surface area (Å²) in [7, 11) is -1.05. The average molecular weight is 216 g/mol. The molecule has 0 spiro atoms. The van der Waals surface area contributed by atoms with E-state index in [0.717, 1.165) is 12.8 Å². The summed E-state index contributed by atoms with van der Waals surface area (Å²) >= 11 is 0. The second-order valence-electron chi connectivity index (χ2n) is 3.20. The Bertz CT molecular complexity index is 260. The summed E-state index contributed by atoms with van der Waals surface area (Å²) in [6, 6.07) is 0. The van der Waals surface area contributed by atoms with Crippen LogP contribution in [0.1, 0.15) is 26.7 Å². The Balaban J connectivity index is 4.08. The quantitative estimate of drug-likeness (QED) is 0.307. The average Bonchev–Trinajstić information content (AvgIpc) is 2.12. The Hall–Kier alpha value is -0.550. The third kappa shape index (κ3) is 6.91. The molecule has 80 valence electrons. The molecule has 0 aromatic rings. The molecule has 0 rings (SSSR count). The first kappa shape index (κ1) is 13.4. The summed E-state index contributed by atoms with van der Waals surface area (Å²) in [5.41, 5.74) is -0.715. The first-order chi connectivity index (χ1) is 6.52. The van der Waals surface area contributed by atoms with E-state index in [4.69, 9.17) is 4.52 Å². The smallest absolute Gasteiger partial charge is 0.314 e. The van der Waals surface area contributed by atoms with Gasteiger partial charge in [0.15, 0.2) is 0 Å². The van der Waals surface area contributed by atoms with Crippen molar-refractivity contribution in [2.24, 2.45) is 0 Å². The van der Waals surface area contributed by atoms with E-state index in [1.807, 2.05) is 0 Å². The fourth-order valence-corrected chi connectivity index (χ4v) is 1.28. The number of rotatable bonds is 5. The lowest BCUT2D eigenvalue weighted by Gasteiger charge is -2.16. The summed E-state index contributed by atoms with van der Waals surface area (Å²) in [5.74, 6) is 5.82. The first-order valence-corrected chi connectivity index (χ1v) is 5.62. The summed E-state index contributed by atoms with van der Waals surface area (Å²) in [6.45, 7) is 7.11. The van der Waals surface area contributed by atoms with Gasteiger partial charge in [-0.15, -0.1) is 6.58 Å². The van der Waals surface area contributed by atoms with Gasteiger partial charge in [-0.2, -0.15) is 0 Å². The Morgan fingerprint density at radius 3 is 2.71 bits per heavy atom. The molecule has 0 aliphatic rings.